The van der Waals surface area contributed by atoms with Crippen molar-refractivity contribution in [1.82, 2.24) is 4.98 Å². The summed E-state index contributed by atoms with van der Waals surface area (Å²) in [5.41, 5.74) is 2.54. The van der Waals surface area contributed by atoms with E-state index in [-0.39, 0.29) is 0 Å². The lowest BCUT2D eigenvalue weighted by Gasteiger charge is -1.89. The molecule has 0 fully saturated rings. The average molecular weight is 249 g/mol. The highest BCUT2D eigenvalue weighted by atomic mass is 16.3. The number of pyridine rings is 1. The molecule has 0 amide bonds. The van der Waals surface area contributed by atoms with Crippen molar-refractivity contribution in [3.05, 3.63) is 48.9 Å². The average Bonchev–Trinajstić information content (AvgIpc) is 3.01. The summed E-state index contributed by atoms with van der Waals surface area (Å²) < 4.78 is 9.59. The van der Waals surface area contributed by atoms with Gasteiger partial charge in [0.2, 0.25) is 17.6 Å². The van der Waals surface area contributed by atoms with Crippen LogP contribution in [0, 0.1) is 0 Å². The van der Waals surface area contributed by atoms with Gasteiger partial charge in [-0.3, -0.25) is 0 Å². The van der Waals surface area contributed by atoms with Gasteiger partial charge in [-0.2, -0.15) is 0 Å². The van der Waals surface area contributed by atoms with Gasteiger partial charge in [-0.1, -0.05) is 9.15 Å². The number of furan rings is 1. The molecule has 0 unspecified atom stereocenters. The first kappa shape index (κ1) is 10.2. The molecule has 0 spiro atoms. The molecule has 2 aromatic heterocycles. The van der Waals surface area contributed by atoms with Gasteiger partial charge in [0, 0.05) is 23.0 Å². The van der Waals surface area contributed by atoms with Crippen LogP contribution in [0.3, 0.4) is 0 Å². The lowest BCUT2D eigenvalue weighted by Crippen LogP contribution is -1.93. The van der Waals surface area contributed by atoms with Crippen molar-refractivity contribution in [2.45, 2.75) is 0 Å². The summed E-state index contributed by atoms with van der Waals surface area (Å²) >= 11 is 0. The molecule has 0 saturated heterocycles. The van der Waals surface area contributed by atoms with Gasteiger partial charge in [0.05, 0.1) is 6.07 Å². The molecule has 4 nitrogen and oxygen atoms in total. The second-order valence-corrected chi connectivity index (χ2v) is 4.52. The Morgan fingerprint density at radius 2 is 2.11 bits per heavy atom. The zero-order valence-corrected chi connectivity index (χ0v) is 10.4. The summed E-state index contributed by atoms with van der Waals surface area (Å²) in [6.07, 6.45) is 5.65. The monoisotopic (exact) mass is 249 g/mol. The molecule has 0 bridgehead atoms. The Bertz CT molecular complexity index is 911. The molecule has 19 heavy (non-hydrogen) atoms. The van der Waals surface area contributed by atoms with Crippen molar-refractivity contribution < 1.29 is 13.6 Å². The number of nitrogens with zero attached hydrogens (tertiary/aromatic N) is 3. The number of rotatable bonds is 1. The van der Waals surface area contributed by atoms with E-state index in [1.165, 1.54) is 0 Å². The Kier molecular flexibility index (Phi) is 1.96. The Morgan fingerprint density at radius 1 is 1.16 bits per heavy atom. The van der Waals surface area contributed by atoms with Crippen LogP contribution in [-0.2, 0) is 0 Å². The molecular formula is C15H11N3O+2. The maximum Gasteiger partial charge on any atom is 0.495 e. The van der Waals surface area contributed by atoms with Crippen molar-refractivity contribution >= 4 is 33.8 Å². The highest BCUT2D eigenvalue weighted by Gasteiger charge is 2.18. The SMILES string of the molecule is C[N+]1=C=[N+](c2ccc3c(c2)oc2ncccc23)C=C1. The molecule has 0 N–H and O–H groups in total. The number of benzene rings is 1. The van der Waals surface area contributed by atoms with E-state index in [4.69, 9.17) is 4.42 Å². The van der Waals surface area contributed by atoms with Crippen LogP contribution < -0.4 is 0 Å². The number of aromatic nitrogens is 1. The maximum atomic E-state index is 5.78. The third kappa shape index (κ3) is 1.51. The van der Waals surface area contributed by atoms with Crippen LogP contribution in [-0.4, -0.2) is 27.2 Å². The van der Waals surface area contributed by atoms with Crippen molar-refractivity contribution in [3.8, 4) is 0 Å². The normalized spacial score (nSPS) is 14.2. The highest BCUT2D eigenvalue weighted by Crippen LogP contribution is 2.30. The van der Waals surface area contributed by atoms with Gasteiger partial charge in [-0.05, 0) is 18.2 Å². The largest absolute Gasteiger partial charge is 0.495 e. The number of hydrogen-bond acceptors (Lipinski definition) is 2. The topological polar surface area (TPSA) is 32.0 Å². The lowest BCUT2D eigenvalue weighted by atomic mass is 10.2. The van der Waals surface area contributed by atoms with Crippen LogP contribution in [0.2, 0.25) is 0 Å². The Balaban J connectivity index is 2.00. The quantitative estimate of drug-likeness (QED) is 0.621. The van der Waals surface area contributed by atoms with Crippen LogP contribution in [0.5, 0.6) is 0 Å². The molecule has 0 saturated carbocycles. The van der Waals surface area contributed by atoms with Crippen molar-refractivity contribution in [1.29, 1.82) is 0 Å². The van der Waals surface area contributed by atoms with E-state index in [9.17, 15) is 0 Å². The van der Waals surface area contributed by atoms with E-state index in [0.29, 0.717) is 5.71 Å². The minimum Gasteiger partial charge on any atom is -0.437 e. The first-order valence-electron chi connectivity index (χ1n) is 6.05. The predicted octanol–water partition coefficient (Wildman–Crippen LogP) is 2.93. The molecule has 90 valence electrons. The minimum absolute atomic E-state index is 0.677. The molecular weight excluding hydrogens is 238 g/mol. The fourth-order valence-corrected chi connectivity index (χ4v) is 2.30. The summed E-state index contributed by atoms with van der Waals surface area (Å²) in [6, 6.07) is 13.2. The van der Waals surface area contributed by atoms with E-state index in [0.717, 1.165) is 22.0 Å². The van der Waals surface area contributed by atoms with Gasteiger partial charge in [0.25, 0.3) is 6.20 Å². The van der Waals surface area contributed by atoms with Crippen molar-refractivity contribution in [2.75, 3.05) is 7.05 Å². The molecule has 4 heteroatoms. The van der Waals surface area contributed by atoms with E-state index in [1.807, 2.05) is 46.8 Å². The Hall–Kier alpha value is -2.71. The second-order valence-electron chi connectivity index (χ2n) is 4.52. The molecule has 3 heterocycles. The van der Waals surface area contributed by atoms with E-state index in [1.54, 1.807) is 6.20 Å². The van der Waals surface area contributed by atoms with Gasteiger partial charge >= 0.3 is 6.01 Å². The van der Waals surface area contributed by atoms with Crippen LogP contribution in [0.25, 0.3) is 22.1 Å². The van der Waals surface area contributed by atoms with E-state index in [2.05, 4.69) is 23.1 Å². The van der Waals surface area contributed by atoms with Crippen LogP contribution in [0.1, 0.15) is 0 Å². The van der Waals surface area contributed by atoms with Gasteiger partial charge < -0.3 is 4.42 Å². The van der Waals surface area contributed by atoms with Gasteiger partial charge in [0.15, 0.2) is 7.05 Å². The van der Waals surface area contributed by atoms with Crippen molar-refractivity contribution in [3.63, 3.8) is 0 Å². The standard InChI is InChI=1S/C15H11N3O/c1-17-7-8-18(10-17)11-4-5-12-13-3-2-6-16-15(13)19-14(12)9-11/h2-9H,1H3/q+2. The molecule has 1 aliphatic heterocycles. The van der Waals surface area contributed by atoms with Gasteiger partial charge in [0.1, 0.15) is 5.58 Å². The van der Waals surface area contributed by atoms with Gasteiger partial charge in [-0.15, -0.1) is 0 Å². The van der Waals surface area contributed by atoms with Crippen LogP contribution in [0.4, 0.5) is 5.69 Å². The van der Waals surface area contributed by atoms with E-state index < -0.39 is 0 Å². The predicted molar refractivity (Wildman–Crippen MR) is 71.8 cm³/mol. The summed E-state index contributed by atoms with van der Waals surface area (Å²) in [4.78, 5) is 4.24. The number of fused-ring (bicyclic) bond motifs is 3. The first-order chi connectivity index (χ1) is 9.31. The molecule has 0 atom stereocenters. The fourth-order valence-electron chi connectivity index (χ4n) is 2.30. The number of hydrogen-bond donors (Lipinski definition) is 0. The smallest absolute Gasteiger partial charge is 0.437 e. The molecule has 0 radical (unpaired) electrons. The lowest BCUT2D eigenvalue weighted by molar-refractivity contribution is -0.429. The second kappa shape index (κ2) is 3.64. The molecule has 0 aliphatic carbocycles. The zero-order valence-electron chi connectivity index (χ0n) is 10.4. The third-order valence-corrected chi connectivity index (χ3v) is 3.22. The molecule has 1 aromatic carbocycles. The maximum absolute atomic E-state index is 5.78. The molecule has 1 aliphatic rings. The zero-order chi connectivity index (χ0) is 12.8. The summed E-state index contributed by atoms with van der Waals surface area (Å²) in [5.74, 6) is 0. The van der Waals surface area contributed by atoms with Crippen LogP contribution >= 0.6 is 0 Å². The highest BCUT2D eigenvalue weighted by molar-refractivity contribution is 6.03. The van der Waals surface area contributed by atoms with Crippen molar-refractivity contribution in [2.24, 2.45) is 0 Å². The Morgan fingerprint density at radius 3 is 2.95 bits per heavy atom. The molecule has 3 aromatic rings. The third-order valence-electron chi connectivity index (χ3n) is 3.22. The first-order valence-corrected chi connectivity index (χ1v) is 6.05. The van der Waals surface area contributed by atoms with E-state index >= 15 is 0 Å². The minimum atomic E-state index is 0.677. The molecule has 4 rings (SSSR count). The summed E-state index contributed by atoms with van der Waals surface area (Å²) in [5, 5.41) is 2.13. The van der Waals surface area contributed by atoms with Gasteiger partial charge in [-0.25, -0.2) is 4.98 Å². The fraction of sp³-hybridized carbons (Fsp3) is 0.0667. The summed E-state index contributed by atoms with van der Waals surface area (Å²) in [6.45, 7) is 0. The Labute approximate surface area is 109 Å². The summed E-state index contributed by atoms with van der Waals surface area (Å²) in [7, 11) is 1.94. The van der Waals surface area contributed by atoms with Crippen LogP contribution in [0.15, 0.2) is 53.3 Å².